The number of rotatable bonds is 5. The molecule has 2 aliphatic rings. The number of nitro benzene ring substituents is 1. The van der Waals surface area contributed by atoms with E-state index in [1.807, 2.05) is 23.1 Å². The first-order valence-corrected chi connectivity index (χ1v) is 10.5. The van der Waals surface area contributed by atoms with Crippen molar-refractivity contribution in [2.75, 3.05) is 24.7 Å². The van der Waals surface area contributed by atoms with Gasteiger partial charge in [0.25, 0.3) is 5.69 Å². The van der Waals surface area contributed by atoms with Crippen molar-refractivity contribution in [3.63, 3.8) is 0 Å². The maximum Gasteiger partial charge on any atom is 0.293 e. The molecule has 1 atom stereocenters. The van der Waals surface area contributed by atoms with Gasteiger partial charge in [0.15, 0.2) is 17.3 Å². The predicted octanol–water partition coefficient (Wildman–Crippen LogP) is 3.67. The number of aryl methyl sites for hydroxylation is 1. The molecule has 9 heteroatoms. The lowest BCUT2D eigenvalue weighted by Gasteiger charge is -2.28. The number of imidazole rings is 1. The molecule has 1 aromatic heterocycles. The van der Waals surface area contributed by atoms with Crippen molar-refractivity contribution in [3.8, 4) is 11.5 Å². The van der Waals surface area contributed by atoms with Gasteiger partial charge in [-0.25, -0.2) is 4.98 Å². The molecule has 9 nitrogen and oxygen atoms in total. The Morgan fingerprint density at radius 1 is 1.16 bits per heavy atom. The van der Waals surface area contributed by atoms with Crippen molar-refractivity contribution in [3.05, 3.63) is 75.9 Å². The van der Waals surface area contributed by atoms with Crippen LogP contribution in [0.15, 0.2) is 48.8 Å². The molecule has 32 heavy (non-hydrogen) atoms. The zero-order valence-corrected chi connectivity index (χ0v) is 17.6. The lowest BCUT2D eigenvalue weighted by Crippen LogP contribution is -2.24. The summed E-state index contributed by atoms with van der Waals surface area (Å²) in [7, 11) is 1.71. The summed E-state index contributed by atoms with van der Waals surface area (Å²) in [6.07, 6.45) is 4.96. The van der Waals surface area contributed by atoms with Crippen LogP contribution >= 0.6 is 0 Å². The number of aromatic nitrogens is 2. The molecule has 5 rings (SSSR count). The highest BCUT2D eigenvalue weighted by Crippen LogP contribution is 2.43. The molecule has 1 unspecified atom stereocenters. The smallest absolute Gasteiger partial charge is 0.293 e. The van der Waals surface area contributed by atoms with E-state index >= 15 is 0 Å². The molecule has 3 heterocycles. The molecule has 164 valence electrons. The molecule has 0 saturated carbocycles. The first-order valence-electron chi connectivity index (χ1n) is 10.5. The van der Waals surface area contributed by atoms with Crippen LogP contribution in [0.4, 0.5) is 11.4 Å². The Labute approximate surface area is 184 Å². The fourth-order valence-corrected chi connectivity index (χ4v) is 4.44. The number of fused-ring (bicyclic) bond motifs is 1. The van der Waals surface area contributed by atoms with Gasteiger partial charge in [-0.05, 0) is 42.7 Å². The number of nitro groups is 1. The third kappa shape index (κ3) is 3.45. The number of benzene rings is 2. The second-order valence-electron chi connectivity index (χ2n) is 7.91. The van der Waals surface area contributed by atoms with Gasteiger partial charge in [-0.1, -0.05) is 6.07 Å². The summed E-state index contributed by atoms with van der Waals surface area (Å²) in [5.41, 5.74) is 1.68. The molecule has 1 fully saturated rings. The van der Waals surface area contributed by atoms with Crippen LogP contribution in [-0.4, -0.2) is 40.0 Å². The van der Waals surface area contributed by atoms with E-state index in [9.17, 15) is 14.9 Å². The molecule has 0 amide bonds. The lowest BCUT2D eigenvalue weighted by molar-refractivity contribution is -0.384. The number of nitrogens with zero attached hydrogens (tertiary/aromatic N) is 4. The monoisotopic (exact) mass is 434 g/mol. The van der Waals surface area contributed by atoms with E-state index in [1.54, 1.807) is 29.9 Å². The highest BCUT2D eigenvalue weighted by atomic mass is 16.6. The molecule has 0 spiro atoms. The Bertz CT molecular complexity index is 1200. The summed E-state index contributed by atoms with van der Waals surface area (Å²) >= 11 is 0. The summed E-state index contributed by atoms with van der Waals surface area (Å²) in [6.45, 7) is 1.71. The Morgan fingerprint density at radius 3 is 2.72 bits per heavy atom. The Kier molecular flexibility index (Phi) is 5.01. The maximum absolute atomic E-state index is 12.8. The van der Waals surface area contributed by atoms with Crippen molar-refractivity contribution in [2.24, 2.45) is 7.05 Å². The number of carbonyl (C=O) groups excluding carboxylic acids is 1. The summed E-state index contributed by atoms with van der Waals surface area (Å²) in [6, 6.07) is 10.5. The average molecular weight is 434 g/mol. The number of ketones is 1. The van der Waals surface area contributed by atoms with Gasteiger partial charge in [-0.3, -0.25) is 14.9 Å². The van der Waals surface area contributed by atoms with E-state index in [4.69, 9.17) is 9.47 Å². The molecule has 0 N–H and O–H groups in total. The van der Waals surface area contributed by atoms with Crippen molar-refractivity contribution in [2.45, 2.75) is 18.9 Å². The molecule has 0 radical (unpaired) electrons. The zero-order chi connectivity index (χ0) is 22.2. The van der Waals surface area contributed by atoms with Gasteiger partial charge in [0.1, 0.15) is 18.9 Å². The van der Waals surface area contributed by atoms with E-state index in [2.05, 4.69) is 4.98 Å². The number of anilines is 1. The van der Waals surface area contributed by atoms with Crippen molar-refractivity contribution < 1.29 is 19.2 Å². The van der Waals surface area contributed by atoms with E-state index in [0.717, 1.165) is 18.4 Å². The van der Waals surface area contributed by atoms with Gasteiger partial charge < -0.3 is 18.9 Å². The largest absolute Gasteiger partial charge is 0.486 e. The first-order chi connectivity index (χ1) is 15.5. The quantitative estimate of drug-likeness (QED) is 0.343. The fourth-order valence-electron chi connectivity index (χ4n) is 4.44. The van der Waals surface area contributed by atoms with Crippen LogP contribution in [0.3, 0.4) is 0 Å². The third-order valence-corrected chi connectivity index (χ3v) is 5.97. The molecule has 3 aromatic rings. The van der Waals surface area contributed by atoms with Crippen molar-refractivity contribution in [1.82, 2.24) is 9.55 Å². The van der Waals surface area contributed by atoms with Gasteiger partial charge in [0, 0.05) is 37.6 Å². The van der Waals surface area contributed by atoms with Crippen molar-refractivity contribution >= 4 is 17.2 Å². The van der Waals surface area contributed by atoms with Gasteiger partial charge in [-0.15, -0.1) is 0 Å². The molecule has 0 aliphatic carbocycles. The molecule has 1 saturated heterocycles. The topological polar surface area (TPSA) is 99.7 Å². The summed E-state index contributed by atoms with van der Waals surface area (Å²) < 4.78 is 12.9. The Hall–Kier alpha value is -3.88. The van der Waals surface area contributed by atoms with E-state index in [1.165, 1.54) is 12.3 Å². The van der Waals surface area contributed by atoms with Crippen LogP contribution < -0.4 is 14.4 Å². The minimum atomic E-state index is -0.427. The minimum absolute atomic E-state index is 0.0272. The standard InChI is InChI=1S/C23H22N4O5/c1-25-10-8-24-23(25)22(28)16-4-6-18(19(13-16)27(29)30)26-9-2-3-17(26)15-5-7-20-21(14-15)32-12-11-31-20/h4-8,10,13-14,17H,2-3,9,11-12H2,1H3. The Balaban J connectivity index is 1.50. The van der Waals surface area contributed by atoms with Gasteiger partial charge in [-0.2, -0.15) is 0 Å². The summed E-state index contributed by atoms with van der Waals surface area (Å²) in [5, 5.41) is 12.0. The highest BCUT2D eigenvalue weighted by molar-refractivity contribution is 6.07. The van der Waals surface area contributed by atoms with Crippen LogP contribution in [0, 0.1) is 10.1 Å². The summed E-state index contributed by atoms with van der Waals surface area (Å²) in [4.78, 5) is 30.4. The number of hydrogen-bond donors (Lipinski definition) is 0. The lowest BCUT2D eigenvalue weighted by atomic mass is 10.0. The third-order valence-electron chi connectivity index (χ3n) is 5.97. The van der Waals surface area contributed by atoms with Crippen molar-refractivity contribution in [1.29, 1.82) is 0 Å². The maximum atomic E-state index is 12.8. The second-order valence-corrected chi connectivity index (χ2v) is 7.91. The van der Waals surface area contributed by atoms with E-state index in [0.29, 0.717) is 36.9 Å². The normalized spacial score (nSPS) is 17.4. The Morgan fingerprint density at radius 2 is 1.97 bits per heavy atom. The van der Waals surface area contributed by atoms with Gasteiger partial charge in [0.2, 0.25) is 5.78 Å². The molecular formula is C23H22N4O5. The number of ether oxygens (including phenoxy) is 2. The summed E-state index contributed by atoms with van der Waals surface area (Å²) in [5.74, 6) is 1.30. The van der Waals surface area contributed by atoms with Crippen LogP contribution in [0.1, 0.15) is 40.6 Å². The van der Waals surface area contributed by atoms with E-state index < -0.39 is 4.92 Å². The minimum Gasteiger partial charge on any atom is -0.486 e. The zero-order valence-electron chi connectivity index (χ0n) is 17.6. The average Bonchev–Trinajstić information content (AvgIpc) is 3.47. The van der Waals surface area contributed by atoms with E-state index in [-0.39, 0.29) is 28.9 Å². The fraction of sp³-hybridized carbons (Fsp3) is 0.304. The molecule has 2 aliphatic heterocycles. The van der Waals surface area contributed by atoms with Crippen LogP contribution in [0.5, 0.6) is 11.5 Å². The number of carbonyl (C=O) groups is 1. The molecule has 0 bridgehead atoms. The van der Waals surface area contributed by atoms with Crippen LogP contribution in [0.25, 0.3) is 0 Å². The first kappa shape index (κ1) is 20.0. The SMILES string of the molecule is Cn1ccnc1C(=O)c1ccc(N2CCCC2c2ccc3c(c2)OCCO3)c([N+](=O)[O-])c1. The molecular weight excluding hydrogens is 412 g/mol. The van der Waals surface area contributed by atoms with Crippen LogP contribution in [-0.2, 0) is 7.05 Å². The second kappa shape index (κ2) is 7.99. The van der Waals surface area contributed by atoms with Gasteiger partial charge >= 0.3 is 0 Å². The predicted molar refractivity (Wildman–Crippen MR) is 116 cm³/mol. The van der Waals surface area contributed by atoms with Crippen LogP contribution in [0.2, 0.25) is 0 Å². The number of hydrogen-bond acceptors (Lipinski definition) is 7. The molecule has 2 aromatic carbocycles. The van der Waals surface area contributed by atoms with Gasteiger partial charge in [0.05, 0.1) is 11.0 Å². The highest BCUT2D eigenvalue weighted by Gasteiger charge is 2.32.